The van der Waals surface area contributed by atoms with Crippen molar-refractivity contribution in [2.75, 3.05) is 11.1 Å². The fourth-order valence-corrected chi connectivity index (χ4v) is 4.70. The molecular formula is C21H21N7OSe. The van der Waals surface area contributed by atoms with E-state index < -0.39 is 0 Å². The summed E-state index contributed by atoms with van der Waals surface area (Å²) in [7, 11) is 0. The Morgan fingerprint density at radius 1 is 0.900 bits per heavy atom. The van der Waals surface area contributed by atoms with E-state index in [9.17, 15) is 4.79 Å². The minimum absolute atomic E-state index is 0.0342. The van der Waals surface area contributed by atoms with E-state index in [1.807, 2.05) is 42.5 Å². The Morgan fingerprint density at radius 3 is 2.60 bits per heavy atom. The number of nitrogens with two attached hydrogens (primary N) is 1. The number of rotatable bonds is 8. The topological polar surface area (TPSA) is 120 Å². The van der Waals surface area contributed by atoms with Gasteiger partial charge in [0.05, 0.1) is 0 Å². The number of aryl methyl sites for hydroxylation is 2. The van der Waals surface area contributed by atoms with Crippen LogP contribution in [0.15, 0.2) is 48.5 Å². The molecule has 4 aromatic rings. The van der Waals surface area contributed by atoms with Crippen molar-refractivity contribution in [2.24, 2.45) is 0 Å². The number of para-hydroxylation sites is 1. The van der Waals surface area contributed by atoms with Gasteiger partial charge in [-0.2, -0.15) is 0 Å². The number of nitrogen functional groups attached to an aromatic ring is 1. The van der Waals surface area contributed by atoms with Crippen molar-refractivity contribution in [2.45, 2.75) is 32.1 Å². The van der Waals surface area contributed by atoms with Gasteiger partial charge < -0.3 is 0 Å². The van der Waals surface area contributed by atoms with E-state index in [4.69, 9.17) is 5.73 Å². The predicted octanol–water partition coefficient (Wildman–Crippen LogP) is 2.20. The monoisotopic (exact) mass is 467 g/mol. The number of pyridine rings is 1. The summed E-state index contributed by atoms with van der Waals surface area (Å²) in [5.41, 5.74) is 8.11. The number of hydrogen-bond donors (Lipinski definition) is 2. The number of unbranched alkanes of at least 4 members (excludes halogenated alkanes) is 1. The Kier molecular flexibility index (Phi) is 6.41. The van der Waals surface area contributed by atoms with Gasteiger partial charge in [-0.25, -0.2) is 0 Å². The van der Waals surface area contributed by atoms with Crippen LogP contribution in [0, 0.1) is 0 Å². The van der Waals surface area contributed by atoms with Gasteiger partial charge in [-0.05, 0) is 0 Å². The van der Waals surface area contributed by atoms with Crippen LogP contribution in [0.2, 0.25) is 0 Å². The predicted molar refractivity (Wildman–Crippen MR) is 116 cm³/mol. The second-order valence-electron chi connectivity index (χ2n) is 6.88. The van der Waals surface area contributed by atoms with Crippen molar-refractivity contribution in [1.29, 1.82) is 0 Å². The molecule has 9 heteroatoms. The molecule has 3 aromatic heterocycles. The standard InChI is InChI=1S/C21H21N7OSe/c22-18-12-11-15(25-26-18)6-2-4-8-20-27-28-21(30-20)24-19(29)13-16-10-9-14-5-1-3-7-17(14)23-16/h1,3,5,7,9-12H,2,4,6,8,13H2,(H2,22,26)(H,24,28,29). The Morgan fingerprint density at radius 2 is 1.73 bits per heavy atom. The summed E-state index contributed by atoms with van der Waals surface area (Å²) >= 11 is -0.0342. The molecular weight excluding hydrogens is 445 g/mol. The maximum absolute atomic E-state index is 12.4. The summed E-state index contributed by atoms with van der Waals surface area (Å²) < 4.78 is 1.71. The van der Waals surface area contributed by atoms with Crippen LogP contribution < -0.4 is 11.1 Å². The number of anilines is 2. The van der Waals surface area contributed by atoms with Crippen LogP contribution in [0.3, 0.4) is 0 Å². The van der Waals surface area contributed by atoms with Gasteiger partial charge in [0.15, 0.2) is 0 Å². The number of amides is 1. The number of aromatic nitrogens is 5. The molecule has 8 nitrogen and oxygen atoms in total. The Balaban J connectivity index is 1.24. The quantitative estimate of drug-likeness (QED) is 0.302. The molecule has 0 atom stereocenters. The van der Waals surface area contributed by atoms with Gasteiger partial charge in [0.25, 0.3) is 0 Å². The van der Waals surface area contributed by atoms with Crippen molar-refractivity contribution < 1.29 is 4.79 Å². The Hall–Kier alpha value is -3.16. The second-order valence-corrected chi connectivity index (χ2v) is 9.11. The normalized spacial score (nSPS) is 10.9. The summed E-state index contributed by atoms with van der Waals surface area (Å²) in [4.78, 5) is 16.9. The number of nitrogens with one attached hydrogen (secondary N) is 1. The average Bonchev–Trinajstić information content (AvgIpc) is 3.19. The summed E-state index contributed by atoms with van der Waals surface area (Å²) in [6.07, 6.45) is 3.93. The van der Waals surface area contributed by atoms with Crippen LogP contribution in [0.1, 0.15) is 28.8 Å². The number of hydrogen-bond acceptors (Lipinski definition) is 7. The molecule has 0 radical (unpaired) electrons. The molecule has 0 unspecified atom stereocenters. The second kappa shape index (κ2) is 9.56. The van der Waals surface area contributed by atoms with Gasteiger partial charge in [-0.1, -0.05) is 0 Å². The molecule has 0 aliphatic rings. The molecule has 30 heavy (non-hydrogen) atoms. The zero-order chi connectivity index (χ0) is 20.8. The van der Waals surface area contributed by atoms with Crippen LogP contribution in [0.25, 0.3) is 10.9 Å². The fourth-order valence-electron chi connectivity index (χ4n) is 3.03. The van der Waals surface area contributed by atoms with Gasteiger partial charge in [0, 0.05) is 0 Å². The summed E-state index contributed by atoms with van der Waals surface area (Å²) in [5.74, 6) is 0.321. The molecule has 1 aromatic carbocycles. The first-order valence-corrected chi connectivity index (χ1v) is 11.4. The van der Waals surface area contributed by atoms with Crippen LogP contribution in [-0.4, -0.2) is 45.8 Å². The first kappa shape index (κ1) is 20.1. The average molecular weight is 466 g/mol. The third-order valence-electron chi connectivity index (χ3n) is 4.52. The number of fused-ring (bicyclic) bond motifs is 1. The molecule has 4 rings (SSSR count). The molecule has 1 amide bonds. The van der Waals surface area contributed by atoms with E-state index in [-0.39, 0.29) is 26.8 Å². The molecule has 3 heterocycles. The van der Waals surface area contributed by atoms with Crippen molar-refractivity contribution in [3.05, 3.63) is 64.5 Å². The van der Waals surface area contributed by atoms with Gasteiger partial charge in [0.1, 0.15) is 0 Å². The van der Waals surface area contributed by atoms with Crippen LogP contribution in [0.5, 0.6) is 0 Å². The third-order valence-corrected chi connectivity index (χ3v) is 6.41. The Bertz CT molecular complexity index is 1140. The van der Waals surface area contributed by atoms with Crippen molar-refractivity contribution in [1.82, 2.24) is 25.4 Å². The summed E-state index contributed by atoms with van der Waals surface area (Å²) in [6.45, 7) is 0. The van der Waals surface area contributed by atoms with Crippen molar-refractivity contribution in [3.8, 4) is 0 Å². The molecule has 0 fully saturated rings. The van der Waals surface area contributed by atoms with Gasteiger partial charge in [0.2, 0.25) is 0 Å². The van der Waals surface area contributed by atoms with Crippen LogP contribution >= 0.6 is 0 Å². The molecule has 0 spiro atoms. The first-order chi connectivity index (χ1) is 14.7. The van der Waals surface area contributed by atoms with E-state index in [0.29, 0.717) is 10.5 Å². The number of carbonyl (C=O) groups excluding carboxylic acids is 1. The fraction of sp³-hybridized carbons (Fsp3) is 0.238. The molecule has 152 valence electrons. The molecule has 0 aliphatic heterocycles. The van der Waals surface area contributed by atoms with E-state index in [2.05, 4.69) is 30.7 Å². The maximum atomic E-state index is 12.4. The third kappa shape index (κ3) is 5.46. The van der Waals surface area contributed by atoms with Gasteiger partial charge in [-0.3, -0.25) is 0 Å². The SMILES string of the molecule is Nc1ccc(CCCCc2nnc(NC(=O)Cc3ccc4ccccc4n3)[se]2)nn1. The van der Waals surface area contributed by atoms with Crippen LogP contribution in [-0.2, 0) is 24.1 Å². The number of carbonyl (C=O) groups is 1. The van der Waals surface area contributed by atoms with Gasteiger partial charge in [-0.15, -0.1) is 0 Å². The van der Waals surface area contributed by atoms with E-state index >= 15 is 0 Å². The van der Waals surface area contributed by atoms with E-state index in [1.54, 1.807) is 6.07 Å². The molecule has 0 saturated heterocycles. The molecule has 0 bridgehead atoms. The summed E-state index contributed by atoms with van der Waals surface area (Å²) in [5, 5.41) is 20.2. The minimum atomic E-state index is -0.114. The molecule has 0 saturated carbocycles. The number of nitrogens with zero attached hydrogens (tertiary/aromatic N) is 5. The van der Waals surface area contributed by atoms with E-state index in [0.717, 1.165) is 52.5 Å². The van der Waals surface area contributed by atoms with Gasteiger partial charge >= 0.3 is 180 Å². The first-order valence-electron chi connectivity index (χ1n) is 9.71. The molecule has 0 aliphatic carbocycles. The van der Waals surface area contributed by atoms with Crippen molar-refractivity contribution >= 4 is 41.8 Å². The number of benzene rings is 1. The van der Waals surface area contributed by atoms with Crippen LogP contribution in [0.4, 0.5) is 10.5 Å². The zero-order valence-electron chi connectivity index (χ0n) is 16.3. The summed E-state index contributed by atoms with van der Waals surface area (Å²) in [6, 6.07) is 15.4. The Labute approximate surface area is 179 Å². The van der Waals surface area contributed by atoms with E-state index in [1.165, 1.54) is 0 Å². The zero-order valence-corrected chi connectivity index (χ0v) is 18.0. The molecule has 3 N–H and O–H groups in total. The van der Waals surface area contributed by atoms with Crippen molar-refractivity contribution in [3.63, 3.8) is 0 Å².